The third kappa shape index (κ3) is 3.67. The van der Waals surface area contributed by atoms with E-state index in [4.69, 9.17) is 0 Å². The summed E-state index contributed by atoms with van der Waals surface area (Å²) in [6.07, 6.45) is 2.12. The highest BCUT2D eigenvalue weighted by molar-refractivity contribution is 7.12. The lowest BCUT2D eigenvalue weighted by atomic mass is 9.96. The molecule has 0 bridgehead atoms. The molecule has 4 nitrogen and oxygen atoms in total. The lowest BCUT2D eigenvalue weighted by Gasteiger charge is -2.31. The molecule has 1 saturated heterocycles. The first-order valence-corrected chi connectivity index (χ1v) is 8.09. The molecular formula is C15H22N2O2S. The van der Waals surface area contributed by atoms with E-state index < -0.39 is 0 Å². The summed E-state index contributed by atoms with van der Waals surface area (Å²) in [5.74, 6) is 0.768. The molecule has 0 atom stereocenters. The number of nitrogens with zero attached hydrogens (tertiary/aromatic N) is 1. The van der Waals surface area contributed by atoms with Crippen LogP contribution in [-0.2, 0) is 0 Å². The van der Waals surface area contributed by atoms with Gasteiger partial charge in [-0.2, -0.15) is 0 Å². The standard InChI is InChI=1S/C15H22N2O2S/c1-3-16-9-12-4-6-17(7-5-12)15(19)14-8-13(10-20-14)11(2)18/h8,10,12,16H,3-7,9H2,1-2H3. The summed E-state index contributed by atoms with van der Waals surface area (Å²) in [4.78, 5) is 26.2. The average molecular weight is 294 g/mol. The van der Waals surface area contributed by atoms with Crippen molar-refractivity contribution in [2.24, 2.45) is 5.92 Å². The average Bonchev–Trinajstić information content (AvgIpc) is 2.95. The monoisotopic (exact) mass is 294 g/mol. The fraction of sp³-hybridized carbons (Fsp3) is 0.600. The van der Waals surface area contributed by atoms with Crippen LogP contribution in [0.2, 0.25) is 0 Å². The Labute approximate surface area is 124 Å². The highest BCUT2D eigenvalue weighted by Gasteiger charge is 2.24. The minimum Gasteiger partial charge on any atom is -0.338 e. The van der Waals surface area contributed by atoms with Gasteiger partial charge in [0.25, 0.3) is 5.91 Å². The number of nitrogens with one attached hydrogen (secondary N) is 1. The summed E-state index contributed by atoms with van der Waals surface area (Å²) in [7, 11) is 0. The van der Waals surface area contributed by atoms with Gasteiger partial charge in [-0.3, -0.25) is 9.59 Å². The SMILES string of the molecule is CCNCC1CCN(C(=O)c2cc(C(C)=O)cs2)CC1. The minimum absolute atomic E-state index is 0.0182. The highest BCUT2D eigenvalue weighted by atomic mass is 32.1. The molecule has 1 fully saturated rings. The van der Waals surface area contributed by atoms with Gasteiger partial charge in [0.05, 0.1) is 4.88 Å². The molecule has 1 aliphatic rings. The van der Waals surface area contributed by atoms with Gasteiger partial charge >= 0.3 is 0 Å². The van der Waals surface area contributed by atoms with Crippen LogP contribution in [0.5, 0.6) is 0 Å². The molecule has 0 aliphatic carbocycles. The maximum Gasteiger partial charge on any atom is 0.263 e. The zero-order chi connectivity index (χ0) is 14.5. The van der Waals surface area contributed by atoms with Crippen LogP contribution < -0.4 is 5.32 Å². The van der Waals surface area contributed by atoms with E-state index >= 15 is 0 Å². The molecule has 2 heterocycles. The molecule has 0 aromatic carbocycles. The van der Waals surface area contributed by atoms with Gasteiger partial charge in [0.2, 0.25) is 0 Å². The smallest absolute Gasteiger partial charge is 0.263 e. The van der Waals surface area contributed by atoms with Crippen LogP contribution >= 0.6 is 11.3 Å². The summed E-state index contributed by atoms with van der Waals surface area (Å²) in [5, 5.41) is 5.14. The van der Waals surface area contributed by atoms with E-state index in [0.29, 0.717) is 16.4 Å². The molecule has 0 spiro atoms. The predicted octanol–water partition coefficient (Wildman–Crippen LogP) is 2.41. The Morgan fingerprint density at radius 1 is 1.40 bits per heavy atom. The molecule has 0 saturated carbocycles. The van der Waals surface area contributed by atoms with Crippen molar-refractivity contribution in [3.05, 3.63) is 21.9 Å². The quantitative estimate of drug-likeness (QED) is 0.848. The maximum atomic E-state index is 12.4. The molecular weight excluding hydrogens is 272 g/mol. The normalized spacial score (nSPS) is 16.4. The number of likely N-dealkylation sites (tertiary alicyclic amines) is 1. The molecule has 20 heavy (non-hydrogen) atoms. The second-order valence-electron chi connectivity index (χ2n) is 5.30. The Hall–Kier alpha value is -1.20. The molecule has 1 aromatic rings. The number of hydrogen-bond acceptors (Lipinski definition) is 4. The number of amides is 1. The van der Waals surface area contributed by atoms with E-state index in [1.807, 2.05) is 4.90 Å². The van der Waals surface area contributed by atoms with Gasteiger partial charge in [-0.05, 0) is 44.8 Å². The fourth-order valence-corrected chi connectivity index (χ4v) is 3.39. The predicted molar refractivity (Wildman–Crippen MR) is 81.5 cm³/mol. The van der Waals surface area contributed by atoms with Crippen LogP contribution in [0.3, 0.4) is 0 Å². The summed E-state index contributed by atoms with van der Waals surface area (Å²) >= 11 is 1.37. The first kappa shape index (κ1) is 15.2. The van der Waals surface area contributed by atoms with E-state index in [1.165, 1.54) is 18.3 Å². The molecule has 1 aliphatic heterocycles. The number of rotatable bonds is 5. The van der Waals surface area contributed by atoms with Gasteiger partial charge in [0, 0.05) is 24.0 Å². The number of carbonyl (C=O) groups is 2. The Kier molecular flexibility index (Phi) is 5.31. The van der Waals surface area contributed by atoms with Crippen molar-refractivity contribution in [3.63, 3.8) is 0 Å². The largest absolute Gasteiger partial charge is 0.338 e. The van der Waals surface area contributed by atoms with Crippen molar-refractivity contribution in [2.45, 2.75) is 26.7 Å². The van der Waals surface area contributed by atoms with Gasteiger partial charge in [0.1, 0.15) is 0 Å². The van der Waals surface area contributed by atoms with E-state index in [0.717, 1.165) is 39.0 Å². The number of Topliss-reactive ketones (excluding diaryl/α,β-unsaturated/α-hetero) is 1. The summed E-state index contributed by atoms with van der Waals surface area (Å²) in [5.41, 5.74) is 0.639. The van der Waals surface area contributed by atoms with E-state index in [-0.39, 0.29) is 11.7 Å². The van der Waals surface area contributed by atoms with Crippen molar-refractivity contribution in [3.8, 4) is 0 Å². The second kappa shape index (κ2) is 6.99. The van der Waals surface area contributed by atoms with Crippen LogP contribution in [-0.4, -0.2) is 42.8 Å². The molecule has 110 valence electrons. The molecule has 0 unspecified atom stereocenters. The van der Waals surface area contributed by atoms with Gasteiger partial charge in [-0.25, -0.2) is 0 Å². The summed E-state index contributed by atoms with van der Waals surface area (Å²) in [6.45, 7) is 7.34. The summed E-state index contributed by atoms with van der Waals surface area (Å²) < 4.78 is 0. The zero-order valence-electron chi connectivity index (χ0n) is 12.1. The number of ketones is 1. The zero-order valence-corrected chi connectivity index (χ0v) is 13.0. The van der Waals surface area contributed by atoms with Crippen molar-refractivity contribution in [1.82, 2.24) is 10.2 Å². The van der Waals surface area contributed by atoms with Crippen LogP contribution in [0.1, 0.15) is 46.7 Å². The number of piperidine rings is 1. The van der Waals surface area contributed by atoms with Gasteiger partial charge in [-0.1, -0.05) is 6.92 Å². The van der Waals surface area contributed by atoms with Crippen LogP contribution in [0, 0.1) is 5.92 Å². The molecule has 1 aromatic heterocycles. The van der Waals surface area contributed by atoms with Crippen LogP contribution in [0.4, 0.5) is 0 Å². The number of hydrogen-bond donors (Lipinski definition) is 1. The summed E-state index contributed by atoms with van der Waals surface area (Å²) in [6, 6.07) is 1.72. The Morgan fingerprint density at radius 3 is 2.65 bits per heavy atom. The molecule has 2 rings (SSSR count). The van der Waals surface area contributed by atoms with Crippen LogP contribution in [0.25, 0.3) is 0 Å². The highest BCUT2D eigenvalue weighted by Crippen LogP contribution is 2.22. The topological polar surface area (TPSA) is 49.4 Å². The van der Waals surface area contributed by atoms with Crippen LogP contribution in [0.15, 0.2) is 11.4 Å². The Bertz CT molecular complexity index is 476. The van der Waals surface area contributed by atoms with Crippen molar-refractivity contribution in [1.29, 1.82) is 0 Å². The lowest BCUT2D eigenvalue weighted by Crippen LogP contribution is -2.40. The van der Waals surface area contributed by atoms with E-state index in [2.05, 4.69) is 12.2 Å². The minimum atomic E-state index is 0.0182. The van der Waals surface area contributed by atoms with Gasteiger partial charge < -0.3 is 10.2 Å². The number of thiophene rings is 1. The van der Waals surface area contributed by atoms with E-state index in [1.54, 1.807) is 11.4 Å². The number of carbonyl (C=O) groups excluding carboxylic acids is 2. The first-order chi connectivity index (χ1) is 9.61. The lowest BCUT2D eigenvalue weighted by molar-refractivity contribution is 0.0695. The second-order valence-corrected chi connectivity index (χ2v) is 6.21. The molecule has 0 radical (unpaired) electrons. The third-order valence-electron chi connectivity index (χ3n) is 3.80. The van der Waals surface area contributed by atoms with Crippen molar-refractivity contribution in [2.75, 3.05) is 26.2 Å². The van der Waals surface area contributed by atoms with Crippen molar-refractivity contribution < 1.29 is 9.59 Å². The first-order valence-electron chi connectivity index (χ1n) is 7.21. The molecule has 5 heteroatoms. The molecule has 1 N–H and O–H groups in total. The van der Waals surface area contributed by atoms with Gasteiger partial charge in [-0.15, -0.1) is 11.3 Å². The van der Waals surface area contributed by atoms with E-state index in [9.17, 15) is 9.59 Å². The van der Waals surface area contributed by atoms with Crippen molar-refractivity contribution >= 4 is 23.0 Å². The maximum absolute atomic E-state index is 12.4. The molecule has 1 amide bonds. The third-order valence-corrected chi connectivity index (χ3v) is 4.72. The van der Waals surface area contributed by atoms with Gasteiger partial charge in [0.15, 0.2) is 5.78 Å². The fourth-order valence-electron chi connectivity index (χ4n) is 2.48. The Morgan fingerprint density at radius 2 is 2.10 bits per heavy atom. The Balaban J connectivity index is 1.89.